The van der Waals surface area contributed by atoms with Crippen molar-refractivity contribution in [1.82, 2.24) is 0 Å². The number of esters is 1. The first-order chi connectivity index (χ1) is 10.5. The molecule has 0 fully saturated rings. The van der Waals surface area contributed by atoms with Crippen molar-refractivity contribution in [3.63, 3.8) is 0 Å². The van der Waals surface area contributed by atoms with Crippen LogP contribution in [0.15, 0.2) is 42.5 Å². The Balaban J connectivity index is 1.93. The molecule has 3 nitrogen and oxygen atoms in total. The maximum absolute atomic E-state index is 12.8. The number of rotatable bonds is 5. The van der Waals surface area contributed by atoms with Crippen molar-refractivity contribution < 1.29 is 18.7 Å². The lowest BCUT2D eigenvalue weighted by atomic mass is 10.1. The van der Waals surface area contributed by atoms with Crippen LogP contribution in [0.3, 0.4) is 0 Å². The van der Waals surface area contributed by atoms with E-state index in [1.54, 1.807) is 18.2 Å². The van der Waals surface area contributed by atoms with Gasteiger partial charge < -0.3 is 4.74 Å². The monoisotopic (exact) mass is 340 g/mol. The Morgan fingerprint density at radius 2 is 1.59 bits per heavy atom. The van der Waals surface area contributed by atoms with Gasteiger partial charge in [0.1, 0.15) is 5.82 Å². The van der Waals surface area contributed by atoms with Gasteiger partial charge in [0.05, 0.1) is 6.42 Å². The minimum Gasteiger partial charge on any atom is -0.457 e. The van der Waals surface area contributed by atoms with Crippen LogP contribution in [-0.4, -0.2) is 18.4 Å². The summed E-state index contributed by atoms with van der Waals surface area (Å²) in [5.41, 5.74) is 0.718. The van der Waals surface area contributed by atoms with E-state index in [0.717, 1.165) is 0 Å². The molecule has 0 saturated carbocycles. The fourth-order valence-corrected chi connectivity index (χ4v) is 2.29. The van der Waals surface area contributed by atoms with Crippen LogP contribution in [-0.2, 0) is 16.0 Å². The van der Waals surface area contributed by atoms with E-state index in [1.165, 1.54) is 24.3 Å². The number of hydrogen-bond acceptors (Lipinski definition) is 3. The molecule has 0 aliphatic carbocycles. The van der Waals surface area contributed by atoms with Gasteiger partial charge in [-0.05, 0) is 36.4 Å². The van der Waals surface area contributed by atoms with E-state index in [2.05, 4.69) is 0 Å². The van der Waals surface area contributed by atoms with Gasteiger partial charge in [0.2, 0.25) is 0 Å². The molecule has 0 atom stereocenters. The molecule has 2 aromatic rings. The van der Waals surface area contributed by atoms with Crippen LogP contribution in [0.1, 0.15) is 15.9 Å². The maximum atomic E-state index is 12.8. The summed E-state index contributed by atoms with van der Waals surface area (Å²) < 4.78 is 17.7. The number of hydrogen-bond donors (Lipinski definition) is 0. The standard InChI is InChI=1S/C16H11Cl2FO3/c17-13-2-1-3-14(18)12(13)8-16(21)22-9-15(20)10-4-6-11(19)7-5-10/h1-7H,8-9H2. The quantitative estimate of drug-likeness (QED) is 0.607. The fraction of sp³-hybridized carbons (Fsp3) is 0.125. The van der Waals surface area contributed by atoms with E-state index in [-0.39, 0.29) is 12.0 Å². The molecule has 0 aliphatic heterocycles. The summed E-state index contributed by atoms with van der Waals surface area (Å²) in [5, 5.41) is 0.712. The van der Waals surface area contributed by atoms with Crippen molar-refractivity contribution in [2.75, 3.05) is 6.61 Å². The van der Waals surface area contributed by atoms with Gasteiger partial charge in [-0.15, -0.1) is 0 Å². The Kier molecular flexibility index (Phi) is 5.52. The third-order valence-electron chi connectivity index (χ3n) is 2.91. The minimum absolute atomic E-state index is 0.130. The molecule has 0 radical (unpaired) electrons. The first-order valence-electron chi connectivity index (χ1n) is 6.34. The van der Waals surface area contributed by atoms with Gasteiger partial charge in [-0.25, -0.2) is 4.39 Å². The van der Waals surface area contributed by atoms with Crippen LogP contribution >= 0.6 is 23.2 Å². The normalized spacial score (nSPS) is 10.3. The van der Waals surface area contributed by atoms with E-state index in [4.69, 9.17) is 27.9 Å². The Morgan fingerprint density at radius 3 is 2.18 bits per heavy atom. The highest BCUT2D eigenvalue weighted by atomic mass is 35.5. The van der Waals surface area contributed by atoms with Crippen LogP contribution in [0.4, 0.5) is 4.39 Å². The average Bonchev–Trinajstić information content (AvgIpc) is 2.49. The second-order valence-electron chi connectivity index (χ2n) is 4.47. The lowest BCUT2D eigenvalue weighted by Crippen LogP contribution is -2.16. The van der Waals surface area contributed by atoms with Gasteiger partial charge in [-0.3, -0.25) is 9.59 Å². The summed E-state index contributed by atoms with van der Waals surface area (Å²) >= 11 is 11.9. The third-order valence-corrected chi connectivity index (χ3v) is 3.62. The van der Waals surface area contributed by atoms with E-state index in [0.29, 0.717) is 15.6 Å². The van der Waals surface area contributed by atoms with Crippen LogP contribution in [0, 0.1) is 5.82 Å². The molecule has 0 N–H and O–H groups in total. The third kappa shape index (κ3) is 4.29. The summed E-state index contributed by atoms with van der Waals surface area (Å²) in [6.45, 7) is -0.424. The molecule has 0 bridgehead atoms. The molecule has 0 aromatic heterocycles. The molecule has 22 heavy (non-hydrogen) atoms. The van der Waals surface area contributed by atoms with E-state index >= 15 is 0 Å². The van der Waals surface area contributed by atoms with Crippen LogP contribution in [0.5, 0.6) is 0 Å². The predicted molar refractivity (Wildman–Crippen MR) is 81.9 cm³/mol. The Labute approximate surface area is 136 Å². The Bertz CT molecular complexity index is 679. The molecule has 0 heterocycles. The SMILES string of the molecule is O=C(Cc1c(Cl)cccc1Cl)OCC(=O)c1ccc(F)cc1. The van der Waals surface area contributed by atoms with Crippen LogP contribution in [0.25, 0.3) is 0 Å². The van der Waals surface area contributed by atoms with Gasteiger partial charge in [0, 0.05) is 21.2 Å². The van der Waals surface area contributed by atoms with Gasteiger partial charge in [0.15, 0.2) is 12.4 Å². The summed E-state index contributed by atoms with van der Waals surface area (Å²) in [6.07, 6.45) is -0.130. The Hall–Kier alpha value is -1.91. The van der Waals surface area contributed by atoms with E-state index < -0.39 is 24.2 Å². The predicted octanol–water partition coefficient (Wildman–Crippen LogP) is 4.10. The van der Waals surface area contributed by atoms with E-state index in [9.17, 15) is 14.0 Å². The highest BCUT2D eigenvalue weighted by molar-refractivity contribution is 6.36. The first-order valence-corrected chi connectivity index (χ1v) is 7.10. The van der Waals surface area contributed by atoms with Crippen molar-refractivity contribution in [3.8, 4) is 0 Å². The lowest BCUT2D eigenvalue weighted by molar-refractivity contribution is -0.141. The molecule has 114 valence electrons. The number of Topliss-reactive ketones (excluding diaryl/α,β-unsaturated/α-hetero) is 1. The lowest BCUT2D eigenvalue weighted by Gasteiger charge is -2.07. The van der Waals surface area contributed by atoms with Crippen molar-refractivity contribution >= 4 is 35.0 Å². The molecular weight excluding hydrogens is 330 g/mol. The summed E-state index contributed by atoms with van der Waals surface area (Å²) in [7, 11) is 0. The van der Waals surface area contributed by atoms with Gasteiger partial charge in [-0.2, -0.15) is 0 Å². The highest BCUT2D eigenvalue weighted by Gasteiger charge is 2.14. The topological polar surface area (TPSA) is 43.4 Å². The van der Waals surface area contributed by atoms with Crippen molar-refractivity contribution in [1.29, 1.82) is 0 Å². The molecule has 0 saturated heterocycles. The summed E-state index contributed by atoms with van der Waals surface area (Å²) in [4.78, 5) is 23.5. The van der Waals surface area contributed by atoms with Gasteiger partial charge in [-0.1, -0.05) is 29.3 Å². The van der Waals surface area contributed by atoms with Crippen molar-refractivity contribution in [2.24, 2.45) is 0 Å². The van der Waals surface area contributed by atoms with Crippen LogP contribution < -0.4 is 0 Å². The van der Waals surface area contributed by atoms with Gasteiger partial charge in [0.25, 0.3) is 0 Å². The fourth-order valence-electron chi connectivity index (χ4n) is 1.76. The van der Waals surface area contributed by atoms with Gasteiger partial charge >= 0.3 is 5.97 Å². The number of ether oxygens (including phenoxy) is 1. The molecule has 0 unspecified atom stereocenters. The zero-order valence-electron chi connectivity index (χ0n) is 11.3. The smallest absolute Gasteiger partial charge is 0.310 e. The van der Waals surface area contributed by atoms with Crippen molar-refractivity contribution in [3.05, 3.63) is 69.5 Å². The molecular formula is C16H11Cl2FO3. The second-order valence-corrected chi connectivity index (χ2v) is 5.28. The highest BCUT2D eigenvalue weighted by Crippen LogP contribution is 2.24. The minimum atomic E-state index is -0.620. The van der Waals surface area contributed by atoms with Crippen molar-refractivity contribution in [2.45, 2.75) is 6.42 Å². The molecule has 2 aromatic carbocycles. The Morgan fingerprint density at radius 1 is 1.00 bits per heavy atom. The number of carbonyl (C=O) groups is 2. The maximum Gasteiger partial charge on any atom is 0.310 e. The summed E-state index contributed by atoms with van der Waals surface area (Å²) in [5.74, 6) is -1.48. The zero-order chi connectivity index (χ0) is 16.1. The number of carbonyl (C=O) groups excluding carboxylic acids is 2. The number of ketones is 1. The zero-order valence-corrected chi connectivity index (χ0v) is 12.8. The second kappa shape index (κ2) is 7.38. The largest absolute Gasteiger partial charge is 0.457 e. The first kappa shape index (κ1) is 16.5. The molecule has 0 spiro atoms. The average molecular weight is 341 g/mol. The molecule has 2 rings (SSSR count). The number of benzene rings is 2. The molecule has 0 amide bonds. The van der Waals surface area contributed by atoms with E-state index in [1.807, 2.05) is 0 Å². The molecule has 6 heteroatoms. The van der Waals surface area contributed by atoms with Crippen LogP contribution in [0.2, 0.25) is 10.0 Å². The number of halogens is 3. The summed E-state index contributed by atoms with van der Waals surface area (Å²) in [6, 6.07) is 9.88. The molecule has 0 aliphatic rings.